The van der Waals surface area contributed by atoms with Gasteiger partial charge in [-0.3, -0.25) is 0 Å². The predicted octanol–water partition coefficient (Wildman–Crippen LogP) is -0.739. The average Bonchev–Trinajstić information content (AvgIpc) is 2.56. The van der Waals surface area contributed by atoms with Crippen molar-refractivity contribution in [2.45, 2.75) is 29.9 Å². The van der Waals surface area contributed by atoms with Crippen LogP contribution in [0.25, 0.3) is 0 Å². The first-order chi connectivity index (χ1) is 6.68. The van der Waals surface area contributed by atoms with Crippen LogP contribution in [0.3, 0.4) is 0 Å². The summed E-state index contributed by atoms with van der Waals surface area (Å²) in [5.74, 6) is 1.74. The van der Waals surface area contributed by atoms with Crippen LogP contribution >= 0.6 is 0 Å². The van der Waals surface area contributed by atoms with E-state index in [2.05, 4.69) is 6.92 Å². The highest BCUT2D eigenvalue weighted by Crippen LogP contribution is 2.36. The Bertz CT molecular complexity index is 343. The molecule has 2 rings (SSSR count). The molecule has 84 valence electrons. The van der Waals surface area contributed by atoms with E-state index < -0.39 is 0 Å². The van der Waals surface area contributed by atoms with Crippen LogP contribution in [0.5, 0.6) is 11.5 Å². The van der Waals surface area contributed by atoms with Crippen LogP contribution in [0.4, 0.5) is 0 Å². The molecule has 2 N–H and O–H groups in total. The summed E-state index contributed by atoms with van der Waals surface area (Å²) in [6, 6.07) is 4.83. The predicted molar refractivity (Wildman–Crippen MR) is 59.0 cm³/mol. The van der Waals surface area contributed by atoms with Gasteiger partial charge < -0.3 is 22.6 Å². The van der Waals surface area contributed by atoms with E-state index in [0.29, 0.717) is 11.0 Å². The van der Waals surface area contributed by atoms with Crippen LogP contribution in [0.15, 0.2) is 23.1 Å². The van der Waals surface area contributed by atoms with Gasteiger partial charge in [0.25, 0.3) is 0 Å². The van der Waals surface area contributed by atoms with Crippen molar-refractivity contribution < 1.29 is 22.6 Å². The lowest BCUT2D eigenvalue weighted by Crippen LogP contribution is -3.00. The monoisotopic (exact) mass is 246 g/mol. The fraction of sp³-hybridized carbons (Fsp3) is 0.455. The summed E-state index contributed by atoms with van der Waals surface area (Å²) in [5, 5.41) is 19.7. The molecule has 1 heterocycles. The van der Waals surface area contributed by atoms with Gasteiger partial charge in [-0.25, -0.2) is 0 Å². The molecule has 4 heteroatoms. The molecule has 0 saturated carbocycles. The van der Waals surface area contributed by atoms with Crippen LogP contribution < -0.4 is 12.4 Å². The topological polar surface area (TPSA) is 40.5 Å². The largest absolute Gasteiger partial charge is 1.00 e. The maximum atomic E-state index is 9.71. The number of hydrogen-bond donors (Lipinski definition) is 2. The zero-order valence-corrected chi connectivity index (χ0v) is 10.2. The van der Waals surface area contributed by atoms with Crippen molar-refractivity contribution in [3.05, 3.63) is 18.2 Å². The zero-order valence-electron chi connectivity index (χ0n) is 8.61. The van der Waals surface area contributed by atoms with Crippen LogP contribution in [0.2, 0.25) is 0 Å². The van der Waals surface area contributed by atoms with Gasteiger partial charge in [0.2, 0.25) is 0 Å². The fourth-order valence-corrected chi connectivity index (χ4v) is 4.50. The molecule has 2 atom stereocenters. The van der Waals surface area contributed by atoms with E-state index in [1.807, 2.05) is 0 Å². The summed E-state index contributed by atoms with van der Waals surface area (Å²) in [4.78, 5) is 0.940. The number of rotatable bonds is 1. The van der Waals surface area contributed by atoms with Crippen molar-refractivity contribution in [1.29, 1.82) is 0 Å². The van der Waals surface area contributed by atoms with Gasteiger partial charge in [-0.15, -0.1) is 0 Å². The number of phenolic OH excluding ortho intramolecular Hbond substituents is 2. The Morgan fingerprint density at radius 2 is 2.07 bits per heavy atom. The number of hydrogen-bond acceptors (Lipinski definition) is 2. The Kier molecular flexibility index (Phi) is 4.17. The summed E-state index contributed by atoms with van der Waals surface area (Å²) < 4.78 is 0. The highest BCUT2D eigenvalue weighted by molar-refractivity contribution is 7.97. The molecule has 0 spiro atoms. The second-order valence-corrected chi connectivity index (χ2v) is 6.25. The van der Waals surface area contributed by atoms with Gasteiger partial charge in [-0.05, 0) is 31.9 Å². The Hall–Kier alpha value is -0.540. The van der Waals surface area contributed by atoms with Gasteiger partial charge in [0.05, 0.1) is 0 Å². The van der Waals surface area contributed by atoms with Crippen molar-refractivity contribution in [2.24, 2.45) is 0 Å². The zero-order chi connectivity index (χ0) is 10.1. The lowest BCUT2D eigenvalue weighted by atomic mass is 10.3. The molecular formula is C11H15ClO2S. The van der Waals surface area contributed by atoms with Crippen molar-refractivity contribution in [1.82, 2.24) is 0 Å². The van der Waals surface area contributed by atoms with Gasteiger partial charge in [0.1, 0.15) is 16.8 Å². The first-order valence-electron chi connectivity index (χ1n) is 4.90. The second-order valence-electron chi connectivity index (χ2n) is 3.74. The summed E-state index contributed by atoms with van der Waals surface area (Å²) in [5.41, 5.74) is 0. The molecule has 15 heavy (non-hydrogen) atoms. The van der Waals surface area contributed by atoms with Gasteiger partial charge >= 0.3 is 0 Å². The third-order valence-electron chi connectivity index (χ3n) is 2.69. The van der Waals surface area contributed by atoms with E-state index in [9.17, 15) is 10.2 Å². The van der Waals surface area contributed by atoms with Crippen LogP contribution in [-0.4, -0.2) is 21.2 Å². The third-order valence-corrected chi connectivity index (χ3v) is 5.51. The quantitative estimate of drug-likeness (QED) is 0.506. The fourth-order valence-electron chi connectivity index (χ4n) is 1.91. The Morgan fingerprint density at radius 1 is 1.33 bits per heavy atom. The van der Waals surface area contributed by atoms with Gasteiger partial charge in [-0.1, -0.05) is 0 Å². The maximum absolute atomic E-state index is 9.71. The van der Waals surface area contributed by atoms with E-state index in [1.54, 1.807) is 12.1 Å². The minimum atomic E-state index is 0. The Morgan fingerprint density at radius 3 is 2.67 bits per heavy atom. The summed E-state index contributed by atoms with van der Waals surface area (Å²) >= 11 is 0. The van der Waals surface area contributed by atoms with E-state index in [-0.39, 0.29) is 29.1 Å². The van der Waals surface area contributed by atoms with Gasteiger partial charge in [0.15, 0.2) is 10.6 Å². The number of aromatic hydroxyl groups is 2. The normalized spacial score (nSPS) is 24.9. The molecule has 0 bridgehead atoms. The Labute approximate surface area is 99.1 Å². The average molecular weight is 247 g/mol. The number of halogens is 1. The minimum absolute atomic E-state index is 0. The molecule has 2 nitrogen and oxygen atoms in total. The first kappa shape index (κ1) is 12.5. The number of benzene rings is 1. The summed E-state index contributed by atoms with van der Waals surface area (Å²) in [7, 11) is 0.133. The van der Waals surface area contributed by atoms with Crippen LogP contribution in [0, 0.1) is 0 Å². The molecular weight excluding hydrogens is 232 g/mol. The third kappa shape index (κ3) is 2.52. The van der Waals surface area contributed by atoms with Crippen molar-refractivity contribution in [3.8, 4) is 11.5 Å². The highest BCUT2D eigenvalue weighted by atomic mass is 35.5. The van der Waals surface area contributed by atoms with Crippen LogP contribution in [-0.2, 0) is 10.9 Å². The molecule has 1 aliphatic heterocycles. The number of phenols is 2. The molecule has 1 aromatic rings. The van der Waals surface area contributed by atoms with E-state index in [4.69, 9.17) is 0 Å². The van der Waals surface area contributed by atoms with Crippen molar-refractivity contribution in [3.63, 3.8) is 0 Å². The maximum Gasteiger partial charge on any atom is 0.200 e. The molecule has 0 radical (unpaired) electrons. The Balaban J connectivity index is 0.00000112. The van der Waals surface area contributed by atoms with E-state index >= 15 is 0 Å². The van der Waals surface area contributed by atoms with Crippen molar-refractivity contribution >= 4 is 10.9 Å². The first-order valence-corrected chi connectivity index (χ1v) is 6.36. The standard InChI is InChI=1S/C11H14O2S.ClH/c1-8-3-2-6-14(8)11-7-9(12)4-5-10(11)13;/h4-5,7-8H,2-3,6H2,1H3,(H-,12,13);1H. The summed E-state index contributed by atoms with van der Waals surface area (Å²) in [6.07, 6.45) is 2.47. The molecule has 1 aliphatic rings. The van der Waals surface area contributed by atoms with E-state index in [1.165, 1.54) is 18.9 Å². The lowest BCUT2D eigenvalue weighted by molar-refractivity contribution is -0.00000499. The van der Waals surface area contributed by atoms with E-state index in [0.717, 1.165) is 10.6 Å². The molecule has 0 aromatic heterocycles. The molecule has 1 saturated heterocycles. The molecule has 1 fully saturated rings. The molecule has 2 unspecified atom stereocenters. The smallest absolute Gasteiger partial charge is 0.200 e. The molecule has 0 amide bonds. The SMILES string of the molecule is CC1CCC[S+]1c1cc(O)ccc1O.[Cl-]. The van der Waals surface area contributed by atoms with Gasteiger partial charge in [0, 0.05) is 17.0 Å². The minimum Gasteiger partial charge on any atom is -1.00 e. The molecule has 1 aromatic carbocycles. The lowest BCUT2D eigenvalue weighted by Gasteiger charge is -2.07. The van der Waals surface area contributed by atoms with Crippen LogP contribution in [0.1, 0.15) is 19.8 Å². The molecule has 0 aliphatic carbocycles. The van der Waals surface area contributed by atoms with Gasteiger partial charge in [-0.2, -0.15) is 0 Å². The van der Waals surface area contributed by atoms with Crippen molar-refractivity contribution in [2.75, 3.05) is 5.75 Å². The summed E-state index contributed by atoms with van der Waals surface area (Å²) in [6.45, 7) is 2.22. The second kappa shape index (κ2) is 4.99. The highest BCUT2D eigenvalue weighted by Gasteiger charge is 2.36.